The van der Waals surface area contributed by atoms with Crippen LogP contribution in [0, 0.1) is 6.92 Å². The average molecular weight is 415 g/mol. The second-order valence-corrected chi connectivity index (χ2v) is 8.85. The number of rotatable bonds is 5. The Morgan fingerprint density at radius 1 is 1.17 bits per heavy atom. The van der Waals surface area contributed by atoms with Crippen LogP contribution in [0.1, 0.15) is 30.4 Å². The van der Waals surface area contributed by atoms with Crippen molar-refractivity contribution >= 4 is 11.8 Å². The molecule has 2 amide bonds. The maximum absolute atomic E-state index is 13.0. The van der Waals surface area contributed by atoms with Gasteiger partial charge < -0.3 is 15.0 Å². The molecule has 0 bridgehead atoms. The zero-order chi connectivity index (χ0) is 21.1. The van der Waals surface area contributed by atoms with Crippen molar-refractivity contribution in [2.24, 2.45) is 0 Å². The fourth-order valence-corrected chi connectivity index (χ4v) is 5.02. The molecule has 3 heterocycles. The minimum Gasteiger partial charge on any atom is -0.378 e. The summed E-state index contributed by atoms with van der Waals surface area (Å²) in [6, 6.07) is 8.82. The normalized spacial score (nSPS) is 28.1. The molecular formula is C23H34N4O3. The van der Waals surface area contributed by atoms with Gasteiger partial charge in [0.25, 0.3) is 0 Å². The SMILES string of the molecule is Cc1ccc(CN2CCC3C2C(=O)NCC(CCC(=O)N2CCOCC2)N3C)cc1. The summed E-state index contributed by atoms with van der Waals surface area (Å²) in [7, 11) is 2.12. The third-order valence-corrected chi connectivity index (χ3v) is 6.91. The van der Waals surface area contributed by atoms with Crippen molar-refractivity contribution in [2.45, 2.75) is 50.9 Å². The van der Waals surface area contributed by atoms with Crippen LogP contribution >= 0.6 is 0 Å². The van der Waals surface area contributed by atoms with Crippen LogP contribution in [0.2, 0.25) is 0 Å². The number of nitrogens with zero attached hydrogens (tertiary/aromatic N) is 3. The van der Waals surface area contributed by atoms with Crippen molar-refractivity contribution in [3.05, 3.63) is 35.4 Å². The number of ether oxygens (including phenoxy) is 1. The largest absolute Gasteiger partial charge is 0.378 e. The standard InChI is InChI=1S/C23H34N4O3/c1-17-3-5-18(6-4-17)16-27-10-9-20-22(27)23(29)24-15-19(25(20)2)7-8-21(28)26-11-13-30-14-12-26/h3-6,19-20,22H,7-16H2,1-2H3,(H,24,29). The third-order valence-electron chi connectivity index (χ3n) is 6.91. The molecule has 3 saturated heterocycles. The quantitative estimate of drug-likeness (QED) is 0.779. The fourth-order valence-electron chi connectivity index (χ4n) is 5.02. The van der Waals surface area contributed by atoms with Gasteiger partial charge in [-0.15, -0.1) is 0 Å². The number of morpholine rings is 1. The lowest BCUT2D eigenvalue weighted by Crippen LogP contribution is -2.49. The van der Waals surface area contributed by atoms with Gasteiger partial charge in [0.15, 0.2) is 0 Å². The van der Waals surface area contributed by atoms with Gasteiger partial charge in [0, 0.05) is 51.2 Å². The number of likely N-dealkylation sites (N-methyl/N-ethyl adjacent to an activating group) is 1. The molecule has 3 aliphatic rings. The van der Waals surface area contributed by atoms with Gasteiger partial charge in [-0.3, -0.25) is 19.4 Å². The summed E-state index contributed by atoms with van der Waals surface area (Å²) in [6.07, 6.45) is 2.28. The van der Waals surface area contributed by atoms with Crippen LogP contribution in [0.5, 0.6) is 0 Å². The minimum atomic E-state index is -0.128. The van der Waals surface area contributed by atoms with Gasteiger partial charge in [-0.2, -0.15) is 0 Å². The Bertz CT molecular complexity index is 747. The number of amides is 2. The van der Waals surface area contributed by atoms with E-state index in [9.17, 15) is 9.59 Å². The van der Waals surface area contributed by atoms with Crippen molar-refractivity contribution in [1.82, 2.24) is 20.0 Å². The number of carbonyl (C=O) groups excluding carboxylic acids is 2. The van der Waals surface area contributed by atoms with Crippen LogP contribution in [0.15, 0.2) is 24.3 Å². The molecule has 0 aliphatic carbocycles. The Balaban J connectivity index is 1.37. The highest BCUT2D eigenvalue weighted by Gasteiger charge is 2.44. The molecule has 3 fully saturated rings. The molecule has 3 atom stereocenters. The summed E-state index contributed by atoms with van der Waals surface area (Å²) in [4.78, 5) is 32.1. The Labute approximate surface area is 179 Å². The number of fused-ring (bicyclic) bond motifs is 1. The topological polar surface area (TPSA) is 65.1 Å². The second-order valence-electron chi connectivity index (χ2n) is 8.85. The first-order valence-corrected chi connectivity index (χ1v) is 11.2. The van der Waals surface area contributed by atoms with E-state index in [1.54, 1.807) is 0 Å². The van der Waals surface area contributed by atoms with Crippen molar-refractivity contribution in [3.63, 3.8) is 0 Å². The van der Waals surface area contributed by atoms with E-state index in [2.05, 4.69) is 53.4 Å². The molecule has 0 radical (unpaired) electrons. The fraction of sp³-hybridized carbons (Fsp3) is 0.652. The molecular weight excluding hydrogens is 380 g/mol. The molecule has 0 saturated carbocycles. The summed E-state index contributed by atoms with van der Waals surface area (Å²) in [5, 5.41) is 3.16. The summed E-state index contributed by atoms with van der Waals surface area (Å²) >= 11 is 0. The van der Waals surface area contributed by atoms with E-state index in [4.69, 9.17) is 4.74 Å². The van der Waals surface area contributed by atoms with Gasteiger partial charge in [0.05, 0.1) is 13.2 Å². The van der Waals surface area contributed by atoms with Crippen LogP contribution in [0.4, 0.5) is 0 Å². The van der Waals surface area contributed by atoms with Crippen molar-refractivity contribution in [1.29, 1.82) is 0 Å². The highest BCUT2D eigenvalue weighted by Crippen LogP contribution is 2.28. The van der Waals surface area contributed by atoms with Gasteiger partial charge in [-0.25, -0.2) is 0 Å². The van der Waals surface area contributed by atoms with Crippen LogP contribution in [0.3, 0.4) is 0 Å². The van der Waals surface area contributed by atoms with Crippen molar-refractivity contribution < 1.29 is 14.3 Å². The maximum atomic E-state index is 13.0. The Kier molecular flexibility index (Phi) is 6.71. The zero-order valence-corrected chi connectivity index (χ0v) is 18.2. The number of aryl methyl sites for hydroxylation is 1. The summed E-state index contributed by atoms with van der Waals surface area (Å²) in [5.41, 5.74) is 2.49. The number of hydrogen-bond acceptors (Lipinski definition) is 5. The first kappa shape index (κ1) is 21.3. The number of nitrogens with one attached hydrogen (secondary N) is 1. The first-order chi connectivity index (χ1) is 14.5. The lowest BCUT2D eigenvalue weighted by Gasteiger charge is -2.33. The van der Waals surface area contributed by atoms with E-state index >= 15 is 0 Å². The lowest BCUT2D eigenvalue weighted by atomic mass is 10.0. The van der Waals surface area contributed by atoms with Gasteiger partial charge >= 0.3 is 0 Å². The van der Waals surface area contributed by atoms with Crippen LogP contribution < -0.4 is 5.32 Å². The van der Waals surface area contributed by atoms with E-state index in [1.165, 1.54) is 11.1 Å². The van der Waals surface area contributed by atoms with Crippen LogP contribution in [0.25, 0.3) is 0 Å². The predicted molar refractivity (Wildman–Crippen MR) is 115 cm³/mol. The average Bonchev–Trinajstić information content (AvgIpc) is 3.13. The molecule has 1 N–H and O–H groups in total. The molecule has 3 unspecified atom stereocenters. The van der Waals surface area contributed by atoms with E-state index in [0.29, 0.717) is 39.3 Å². The Morgan fingerprint density at radius 2 is 1.90 bits per heavy atom. The molecule has 7 heteroatoms. The molecule has 1 aromatic carbocycles. The van der Waals surface area contributed by atoms with Crippen molar-refractivity contribution in [2.75, 3.05) is 46.4 Å². The molecule has 3 aliphatic heterocycles. The number of carbonyl (C=O) groups is 2. The lowest BCUT2D eigenvalue weighted by molar-refractivity contribution is -0.135. The molecule has 0 spiro atoms. The maximum Gasteiger partial charge on any atom is 0.239 e. The summed E-state index contributed by atoms with van der Waals surface area (Å²) in [5.74, 6) is 0.324. The molecule has 7 nitrogen and oxygen atoms in total. The number of hydrogen-bond donors (Lipinski definition) is 1. The van der Waals surface area contributed by atoms with Crippen LogP contribution in [-0.4, -0.2) is 91.1 Å². The molecule has 0 aromatic heterocycles. The third kappa shape index (κ3) is 4.68. The summed E-state index contributed by atoms with van der Waals surface area (Å²) < 4.78 is 5.34. The predicted octanol–water partition coefficient (Wildman–Crippen LogP) is 1.01. The highest BCUT2D eigenvalue weighted by atomic mass is 16.5. The van der Waals surface area contributed by atoms with E-state index in [-0.39, 0.29) is 29.9 Å². The molecule has 164 valence electrons. The van der Waals surface area contributed by atoms with Gasteiger partial charge in [0.2, 0.25) is 11.8 Å². The highest BCUT2D eigenvalue weighted by molar-refractivity contribution is 5.83. The van der Waals surface area contributed by atoms with Crippen LogP contribution in [-0.2, 0) is 20.9 Å². The Morgan fingerprint density at radius 3 is 2.63 bits per heavy atom. The molecule has 30 heavy (non-hydrogen) atoms. The van der Waals surface area contributed by atoms with Gasteiger partial charge in [-0.05, 0) is 32.4 Å². The minimum absolute atomic E-state index is 0.124. The van der Waals surface area contributed by atoms with Crippen molar-refractivity contribution in [3.8, 4) is 0 Å². The number of benzene rings is 1. The smallest absolute Gasteiger partial charge is 0.239 e. The van der Waals surface area contributed by atoms with Gasteiger partial charge in [-0.1, -0.05) is 29.8 Å². The monoisotopic (exact) mass is 414 g/mol. The molecule has 4 rings (SSSR count). The zero-order valence-electron chi connectivity index (χ0n) is 18.2. The van der Waals surface area contributed by atoms with Gasteiger partial charge in [0.1, 0.15) is 6.04 Å². The number of likely N-dealkylation sites (tertiary alicyclic amines) is 1. The first-order valence-electron chi connectivity index (χ1n) is 11.2. The van der Waals surface area contributed by atoms with E-state index in [1.807, 2.05) is 4.90 Å². The summed E-state index contributed by atoms with van der Waals surface area (Å²) in [6.45, 7) is 7.05. The Hall–Kier alpha value is -1.96. The molecule has 1 aromatic rings. The van der Waals surface area contributed by atoms with E-state index < -0.39 is 0 Å². The second kappa shape index (κ2) is 9.45. The van der Waals surface area contributed by atoms with E-state index in [0.717, 1.165) is 25.9 Å².